The number of rotatable bonds is 5. The largest absolute Gasteiger partial charge is 0.494 e. The molecule has 0 aromatic heterocycles. The number of methoxy groups -OCH3 is 2. The van der Waals surface area contributed by atoms with E-state index in [1.807, 2.05) is 4.90 Å². The van der Waals surface area contributed by atoms with Crippen molar-refractivity contribution in [3.8, 4) is 5.75 Å². The van der Waals surface area contributed by atoms with Crippen LogP contribution in [0.3, 0.4) is 0 Å². The minimum atomic E-state index is -0.331. The van der Waals surface area contributed by atoms with Crippen LogP contribution in [0.2, 0.25) is 0 Å². The van der Waals surface area contributed by atoms with Crippen LogP contribution in [0.15, 0.2) is 18.2 Å². The number of hydrogen-bond donors (Lipinski definition) is 1. The fraction of sp³-hybridized carbons (Fsp3) is 0.571. The maximum atomic E-state index is 14.1. The first-order valence-electron chi connectivity index (χ1n) is 6.38. The van der Waals surface area contributed by atoms with E-state index in [2.05, 4.69) is 0 Å². The van der Waals surface area contributed by atoms with Gasteiger partial charge in [-0.05, 0) is 12.5 Å². The smallest absolute Gasteiger partial charge is 0.169 e. The maximum Gasteiger partial charge on any atom is 0.169 e. The summed E-state index contributed by atoms with van der Waals surface area (Å²) in [5.74, 6) is -0.0805. The van der Waals surface area contributed by atoms with Crippen LogP contribution in [0, 0.1) is 5.82 Å². The Balaban J connectivity index is 2.12. The van der Waals surface area contributed by atoms with Crippen molar-refractivity contribution in [1.29, 1.82) is 0 Å². The van der Waals surface area contributed by atoms with Gasteiger partial charge >= 0.3 is 0 Å². The molecule has 1 N–H and O–H groups in total. The zero-order chi connectivity index (χ0) is 13.8. The summed E-state index contributed by atoms with van der Waals surface area (Å²) in [5, 5.41) is 9.38. The third-order valence-electron chi connectivity index (χ3n) is 3.67. The highest BCUT2D eigenvalue weighted by Crippen LogP contribution is 2.26. The van der Waals surface area contributed by atoms with E-state index in [1.165, 1.54) is 7.11 Å². The van der Waals surface area contributed by atoms with Crippen LogP contribution in [-0.4, -0.2) is 49.5 Å². The molecule has 2 atom stereocenters. The van der Waals surface area contributed by atoms with Crippen LogP contribution in [0.1, 0.15) is 12.0 Å². The van der Waals surface area contributed by atoms with Gasteiger partial charge in [-0.15, -0.1) is 0 Å². The van der Waals surface area contributed by atoms with Gasteiger partial charge in [0.2, 0.25) is 0 Å². The molecule has 0 bridgehead atoms. The molecule has 1 aromatic carbocycles. The van der Waals surface area contributed by atoms with Gasteiger partial charge in [-0.25, -0.2) is 4.39 Å². The molecule has 0 spiro atoms. The highest BCUT2D eigenvalue weighted by molar-refractivity contribution is 5.31. The summed E-state index contributed by atoms with van der Waals surface area (Å²) < 4.78 is 24.4. The van der Waals surface area contributed by atoms with Crippen molar-refractivity contribution in [2.45, 2.75) is 25.1 Å². The molecule has 1 aromatic rings. The zero-order valence-electron chi connectivity index (χ0n) is 11.3. The molecule has 1 fully saturated rings. The van der Waals surface area contributed by atoms with E-state index in [9.17, 15) is 9.50 Å². The van der Waals surface area contributed by atoms with E-state index in [-0.39, 0.29) is 30.3 Å². The quantitative estimate of drug-likeness (QED) is 0.877. The van der Waals surface area contributed by atoms with Crippen molar-refractivity contribution in [3.63, 3.8) is 0 Å². The molecule has 0 amide bonds. The van der Waals surface area contributed by atoms with Gasteiger partial charge in [0.25, 0.3) is 0 Å². The van der Waals surface area contributed by atoms with Crippen LogP contribution in [0.5, 0.6) is 5.75 Å². The summed E-state index contributed by atoms with van der Waals surface area (Å²) >= 11 is 0. The van der Waals surface area contributed by atoms with Crippen LogP contribution in [0.4, 0.5) is 4.39 Å². The minimum absolute atomic E-state index is 0.0237. The molecular weight excluding hydrogens is 249 g/mol. The Kier molecular flexibility index (Phi) is 4.74. The molecule has 1 aliphatic rings. The average Bonchev–Trinajstić information content (AvgIpc) is 2.83. The first kappa shape index (κ1) is 14.2. The van der Waals surface area contributed by atoms with Gasteiger partial charge in [-0.1, -0.05) is 12.1 Å². The summed E-state index contributed by atoms with van der Waals surface area (Å²) in [5.41, 5.74) is 0.578. The first-order chi connectivity index (χ1) is 9.19. The molecule has 1 saturated heterocycles. The fourth-order valence-electron chi connectivity index (χ4n) is 2.55. The second-order valence-corrected chi connectivity index (χ2v) is 4.79. The van der Waals surface area contributed by atoms with Crippen molar-refractivity contribution >= 4 is 0 Å². The number of halogens is 1. The number of ether oxygens (including phenoxy) is 2. The predicted molar refractivity (Wildman–Crippen MR) is 69.6 cm³/mol. The normalized spacial score (nSPS) is 23.8. The molecule has 0 aliphatic carbocycles. The Morgan fingerprint density at radius 3 is 2.84 bits per heavy atom. The molecule has 2 rings (SSSR count). The number of nitrogens with zero attached hydrogens (tertiary/aromatic N) is 1. The van der Waals surface area contributed by atoms with Crippen molar-refractivity contribution in [2.24, 2.45) is 0 Å². The Morgan fingerprint density at radius 2 is 2.21 bits per heavy atom. The summed E-state index contributed by atoms with van der Waals surface area (Å²) in [6, 6.07) is 5.14. The Morgan fingerprint density at radius 1 is 1.42 bits per heavy atom. The SMILES string of the molecule is COc1cccc(CN2C[C@@H](OC)C[C@H]2CO)c1F. The standard InChI is InChI=1S/C14H20FNO3/c1-18-12-6-11(9-17)16(8-12)7-10-4-3-5-13(19-2)14(10)15/h3-5,11-12,17H,6-9H2,1-2H3/t11-,12-/m0/s1. The lowest BCUT2D eigenvalue weighted by atomic mass is 10.1. The number of aliphatic hydroxyl groups excluding tert-OH is 1. The van der Waals surface area contributed by atoms with Gasteiger partial charge in [0.15, 0.2) is 11.6 Å². The van der Waals surface area contributed by atoms with Gasteiger partial charge in [-0.3, -0.25) is 4.90 Å². The summed E-state index contributed by atoms with van der Waals surface area (Å²) in [6.45, 7) is 1.22. The monoisotopic (exact) mass is 269 g/mol. The molecule has 0 unspecified atom stereocenters. The third-order valence-corrected chi connectivity index (χ3v) is 3.67. The Bertz CT molecular complexity index is 427. The zero-order valence-corrected chi connectivity index (χ0v) is 11.3. The number of benzene rings is 1. The molecule has 106 valence electrons. The maximum absolute atomic E-state index is 14.1. The highest BCUT2D eigenvalue weighted by atomic mass is 19.1. The molecule has 0 radical (unpaired) electrons. The lowest BCUT2D eigenvalue weighted by Gasteiger charge is -2.22. The fourth-order valence-corrected chi connectivity index (χ4v) is 2.55. The first-order valence-corrected chi connectivity index (χ1v) is 6.38. The molecule has 1 heterocycles. The Labute approximate surface area is 112 Å². The van der Waals surface area contributed by atoms with Gasteiger partial charge < -0.3 is 14.6 Å². The molecule has 0 saturated carbocycles. The molecule has 19 heavy (non-hydrogen) atoms. The second kappa shape index (κ2) is 6.32. The van der Waals surface area contributed by atoms with Crippen molar-refractivity contribution in [2.75, 3.05) is 27.4 Å². The van der Waals surface area contributed by atoms with Crippen LogP contribution >= 0.6 is 0 Å². The van der Waals surface area contributed by atoms with E-state index >= 15 is 0 Å². The molecule has 4 nitrogen and oxygen atoms in total. The predicted octanol–water partition coefficient (Wildman–Crippen LogP) is 1.42. The van der Waals surface area contributed by atoms with Crippen molar-refractivity contribution in [3.05, 3.63) is 29.6 Å². The molecule has 5 heteroatoms. The summed E-state index contributed by atoms with van der Waals surface area (Å²) in [7, 11) is 3.12. The number of likely N-dealkylation sites (tertiary alicyclic amines) is 1. The number of hydrogen-bond acceptors (Lipinski definition) is 4. The van der Waals surface area contributed by atoms with Gasteiger partial charge in [0, 0.05) is 31.8 Å². The van der Waals surface area contributed by atoms with Crippen LogP contribution in [0.25, 0.3) is 0 Å². The van der Waals surface area contributed by atoms with Gasteiger partial charge in [-0.2, -0.15) is 0 Å². The minimum Gasteiger partial charge on any atom is -0.494 e. The van der Waals surface area contributed by atoms with E-state index in [1.54, 1.807) is 25.3 Å². The molecular formula is C14H20FNO3. The topological polar surface area (TPSA) is 41.9 Å². The highest BCUT2D eigenvalue weighted by Gasteiger charge is 2.32. The van der Waals surface area contributed by atoms with Gasteiger partial charge in [0.05, 0.1) is 19.8 Å². The number of aliphatic hydroxyl groups is 1. The summed E-state index contributed by atoms with van der Waals surface area (Å²) in [4.78, 5) is 2.05. The average molecular weight is 269 g/mol. The summed E-state index contributed by atoms with van der Waals surface area (Å²) in [6.07, 6.45) is 0.879. The van der Waals surface area contributed by atoms with E-state index in [4.69, 9.17) is 9.47 Å². The van der Waals surface area contributed by atoms with E-state index in [0.717, 1.165) is 6.42 Å². The van der Waals surface area contributed by atoms with Crippen LogP contribution in [-0.2, 0) is 11.3 Å². The van der Waals surface area contributed by atoms with E-state index < -0.39 is 0 Å². The Hall–Kier alpha value is -1.17. The molecule has 1 aliphatic heterocycles. The van der Waals surface area contributed by atoms with Crippen LogP contribution < -0.4 is 4.74 Å². The third kappa shape index (κ3) is 3.05. The van der Waals surface area contributed by atoms with Crippen molar-refractivity contribution in [1.82, 2.24) is 4.90 Å². The second-order valence-electron chi connectivity index (χ2n) is 4.79. The van der Waals surface area contributed by atoms with Crippen molar-refractivity contribution < 1.29 is 19.0 Å². The van der Waals surface area contributed by atoms with Gasteiger partial charge in [0.1, 0.15) is 0 Å². The lowest BCUT2D eigenvalue weighted by molar-refractivity contribution is 0.107. The lowest BCUT2D eigenvalue weighted by Crippen LogP contribution is -2.32. The van der Waals surface area contributed by atoms with E-state index in [0.29, 0.717) is 18.7 Å².